The van der Waals surface area contributed by atoms with E-state index in [0.717, 1.165) is 44.1 Å². The molecule has 0 spiro atoms. The number of hydrogen-bond acceptors (Lipinski definition) is 4. The second kappa shape index (κ2) is 6.73. The fourth-order valence-electron chi connectivity index (χ4n) is 2.43. The Labute approximate surface area is 124 Å². The topological polar surface area (TPSA) is 32.3 Å². The minimum Gasteiger partial charge on any atom is -0.354 e. The van der Waals surface area contributed by atoms with E-state index in [4.69, 9.17) is 23.2 Å². The first-order valence-electron chi connectivity index (χ1n) is 6.64. The van der Waals surface area contributed by atoms with Crippen LogP contribution in [0.4, 0.5) is 5.82 Å². The van der Waals surface area contributed by atoms with Gasteiger partial charge in [0.2, 0.25) is 0 Å². The molecule has 6 heteroatoms. The maximum absolute atomic E-state index is 6.07. The molecule has 0 bridgehead atoms. The predicted octanol–water partition coefficient (Wildman–Crippen LogP) is 2.65. The van der Waals surface area contributed by atoms with Gasteiger partial charge in [-0.25, -0.2) is 9.97 Å². The molecule has 0 aliphatic carbocycles. The van der Waals surface area contributed by atoms with Crippen molar-refractivity contribution in [2.24, 2.45) is 5.92 Å². The Morgan fingerprint density at radius 2 is 1.89 bits per heavy atom. The van der Waals surface area contributed by atoms with Crippen LogP contribution in [0.3, 0.4) is 0 Å². The number of rotatable bonds is 4. The van der Waals surface area contributed by atoms with Crippen LogP contribution in [0, 0.1) is 5.92 Å². The Morgan fingerprint density at radius 1 is 1.21 bits per heavy atom. The first kappa shape index (κ1) is 14.8. The molecule has 0 amide bonds. The van der Waals surface area contributed by atoms with E-state index in [-0.39, 0.29) is 0 Å². The van der Waals surface area contributed by atoms with Gasteiger partial charge >= 0.3 is 0 Å². The number of anilines is 1. The molecule has 0 atom stereocenters. The fraction of sp³-hybridized carbons (Fsp3) is 0.692. The van der Waals surface area contributed by atoms with Crippen molar-refractivity contribution in [3.63, 3.8) is 0 Å². The summed E-state index contributed by atoms with van der Waals surface area (Å²) in [5.41, 5.74) is 0.836. The number of hydrogen-bond donors (Lipinski definition) is 0. The Bertz CT molecular complexity index is 417. The van der Waals surface area contributed by atoms with Crippen LogP contribution in [0.1, 0.15) is 19.4 Å². The molecule has 0 aromatic carbocycles. The number of piperazine rings is 1. The zero-order chi connectivity index (χ0) is 13.8. The van der Waals surface area contributed by atoms with Crippen molar-refractivity contribution in [2.75, 3.05) is 37.6 Å². The van der Waals surface area contributed by atoms with Crippen molar-refractivity contribution in [3.05, 3.63) is 17.0 Å². The smallest absolute Gasteiger partial charge is 0.138 e. The molecule has 1 aliphatic rings. The lowest BCUT2D eigenvalue weighted by Crippen LogP contribution is -2.48. The molecule has 1 aliphatic heterocycles. The SMILES string of the molecule is CC(C)CN1CCN(c2ncnc(Cl)c2CCl)CC1. The van der Waals surface area contributed by atoms with Crippen molar-refractivity contribution in [1.29, 1.82) is 0 Å². The van der Waals surface area contributed by atoms with E-state index < -0.39 is 0 Å². The van der Waals surface area contributed by atoms with E-state index in [1.807, 2.05) is 0 Å². The van der Waals surface area contributed by atoms with E-state index in [1.165, 1.54) is 6.33 Å². The highest BCUT2D eigenvalue weighted by Crippen LogP contribution is 2.25. The number of aromatic nitrogens is 2. The largest absolute Gasteiger partial charge is 0.354 e. The van der Waals surface area contributed by atoms with Crippen molar-refractivity contribution in [2.45, 2.75) is 19.7 Å². The quantitative estimate of drug-likeness (QED) is 0.632. The second-order valence-corrected chi connectivity index (χ2v) is 5.91. The van der Waals surface area contributed by atoms with Crippen LogP contribution in [0.15, 0.2) is 6.33 Å². The lowest BCUT2D eigenvalue weighted by molar-refractivity contribution is 0.231. The number of alkyl halides is 1. The van der Waals surface area contributed by atoms with Gasteiger partial charge in [-0.1, -0.05) is 25.4 Å². The van der Waals surface area contributed by atoms with Gasteiger partial charge in [0.1, 0.15) is 17.3 Å². The van der Waals surface area contributed by atoms with Gasteiger partial charge in [-0.05, 0) is 5.92 Å². The summed E-state index contributed by atoms with van der Waals surface area (Å²) in [4.78, 5) is 13.1. The van der Waals surface area contributed by atoms with Crippen LogP contribution in [-0.4, -0.2) is 47.6 Å². The van der Waals surface area contributed by atoms with Crippen molar-refractivity contribution < 1.29 is 0 Å². The minimum absolute atomic E-state index is 0.348. The van der Waals surface area contributed by atoms with Crippen molar-refractivity contribution in [3.8, 4) is 0 Å². The predicted molar refractivity (Wildman–Crippen MR) is 80.1 cm³/mol. The highest BCUT2D eigenvalue weighted by Gasteiger charge is 2.21. The van der Waals surface area contributed by atoms with Gasteiger partial charge < -0.3 is 4.90 Å². The van der Waals surface area contributed by atoms with Crippen LogP contribution in [-0.2, 0) is 5.88 Å². The first-order valence-corrected chi connectivity index (χ1v) is 7.55. The Morgan fingerprint density at radius 3 is 2.47 bits per heavy atom. The molecule has 1 aromatic rings. The standard InChI is InChI=1S/C13H20Cl2N4/c1-10(2)8-18-3-5-19(6-4-18)13-11(7-14)12(15)16-9-17-13/h9-10H,3-8H2,1-2H3. The summed E-state index contributed by atoms with van der Waals surface area (Å²) in [6.45, 7) is 9.70. The number of nitrogens with zero attached hydrogens (tertiary/aromatic N) is 4. The summed E-state index contributed by atoms with van der Waals surface area (Å²) in [5, 5.41) is 0.463. The summed E-state index contributed by atoms with van der Waals surface area (Å²) in [5.74, 6) is 1.94. The monoisotopic (exact) mass is 302 g/mol. The normalized spacial score (nSPS) is 17.2. The molecule has 2 rings (SSSR count). The molecule has 0 unspecified atom stereocenters. The van der Waals surface area contributed by atoms with Gasteiger partial charge in [-0.2, -0.15) is 0 Å². The lowest BCUT2D eigenvalue weighted by Gasteiger charge is -2.36. The molecule has 106 valence electrons. The minimum atomic E-state index is 0.348. The fourth-order valence-corrected chi connectivity index (χ4v) is 2.94. The molecule has 4 nitrogen and oxygen atoms in total. The molecule has 0 radical (unpaired) electrons. The molecule has 19 heavy (non-hydrogen) atoms. The molecule has 1 saturated heterocycles. The van der Waals surface area contributed by atoms with Gasteiger partial charge in [-0.3, -0.25) is 4.90 Å². The van der Waals surface area contributed by atoms with Gasteiger partial charge in [-0.15, -0.1) is 11.6 Å². The third kappa shape index (κ3) is 3.71. The van der Waals surface area contributed by atoms with E-state index in [1.54, 1.807) is 0 Å². The van der Waals surface area contributed by atoms with Crippen LogP contribution in [0.5, 0.6) is 0 Å². The highest BCUT2D eigenvalue weighted by molar-refractivity contribution is 6.31. The first-order chi connectivity index (χ1) is 9.11. The molecular formula is C13H20Cl2N4. The lowest BCUT2D eigenvalue weighted by atomic mass is 10.2. The molecule has 1 aromatic heterocycles. The van der Waals surface area contributed by atoms with Crippen molar-refractivity contribution in [1.82, 2.24) is 14.9 Å². The maximum atomic E-state index is 6.07. The molecule has 2 heterocycles. The summed E-state index contributed by atoms with van der Waals surface area (Å²) in [7, 11) is 0. The number of halogens is 2. The average molecular weight is 303 g/mol. The Balaban J connectivity index is 2.03. The second-order valence-electron chi connectivity index (χ2n) is 5.28. The van der Waals surface area contributed by atoms with E-state index in [0.29, 0.717) is 17.0 Å². The summed E-state index contributed by atoms with van der Waals surface area (Å²) >= 11 is 12.0. The van der Waals surface area contributed by atoms with Crippen LogP contribution in [0.2, 0.25) is 5.15 Å². The van der Waals surface area contributed by atoms with E-state index >= 15 is 0 Å². The average Bonchev–Trinajstić information content (AvgIpc) is 2.38. The molecule has 1 fully saturated rings. The van der Waals surface area contributed by atoms with E-state index in [9.17, 15) is 0 Å². The Hall–Kier alpha value is -0.580. The molecule has 0 N–H and O–H groups in total. The third-order valence-corrected chi connectivity index (χ3v) is 3.89. The van der Waals surface area contributed by atoms with Gasteiger partial charge in [0.25, 0.3) is 0 Å². The van der Waals surface area contributed by atoms with Gasteiger partial charge in [0.05, 0.1) is 5.88 Å². The van der Waals surface area contributed by atoms with Crippen LogP contribution < -0.4 is 4.90 Å². The maximum Gasteiger partial charge on any atom is 0.138 e. The van der Waals surface area contributed by atoms with Gasteiger partial charge in [0.15, 0.2) is 0 Å². The molecular weight excluding hydrogens is 283 g/mol. The van der Waals surface area contributed by atoms with Crippen LogP contribution >= 0.6 is 23.2 Å². The summed E-state index contributed by atoms with van der Waals surface area (Å²) in [6.07, 6.45) is 1.51. The third-order valence-electron chi connectivity index (χ3n) is 3.30. The van der Waals surface area contributed by atoms with Crippen molar-refractivity contribution >= 4 is 29.0 Å². The Kier molecular flexibility index (Phi) is 5.25. The zero-order valence-electron chi connectivity index (χ0n) is 11.4. The van der Waals surface area contributed by atoms with Gasteiger partial charge in [0, 0.05) is 38.3 Å². The van der Waals surface area contributed by atoms with E-state index in [2.05, 4.69) is 33.6 Å². The summed E-state index contributed by atoms with van der Waals surface area (Å²) < 4.78 is 0. The highest BCUT2D eigenvalue weighted by atomic mass is 35.5. The zero-order valence-corrected chi connectivity index (χ0v) is 13.0. The molecule has 0 saturated carbocycles. The summed E-state index contributed by atoms with van der Waals surface area (Å²) in [6, 6.07) is 0. The van der Waals surface area contributed by atoms with Crippen LogP contribution in [0.25, 0.3) is 0 Å².